The van der Waals surface area contributed by atoms with Gasteiger partial charge in [-0.05, 0) is 49.9 Å². The number of nitrogens with zero attached hydrogens (tertiary/aromatic N) is 6. The topological polar surface area (TPSA) is 90.9 Å². The highest BCUT2D eigenvalue weighted by Gasteiger charge is 2.39. The Morgan fingerprint density at radius 3 is 2.38 bits per heavy atom. The number of halogens is 4. The van der Waals surface area contributed by atoms with Gasteiger partial charge in [-0.1, -0.05) is 0 Å². The maximum atomic E-state index is 13.1. The largest absolute Gasteiger partial charge is 0.433 e. The highest BCUT2D eigenvalue weighted by atomic mass is 35.5. The Balaban J connectivity index is 0.00000324. The van der Waals surface area contributed by atoms with Crippen molar-refractivity contribution in [2.24, 2.45) is 0 Å². The molecule has 0 saturated carbocycles. The van der Waals surface area contributed by atoms with Gasteiger partial charge in [-0.3, -0.25) is 14.9 Å². The molecule has 3 aromatic heterocycles. The first-order chi connectivity index (χ1) is 15.7. The van der Waals surface area contributed by atoms with Crippen molar-refractivity contribution in [2.45, 2.75) is 38.9 Å². The highest BCUT2D eigenvalue weighted by molar-refractivity contribution is 5.95. The van der Waals surface area contributed by atoms with Crippen molar-refractivity contribution in [3.8, 4) is 11.3 Å². The zero-order valence-electron chi connectivity index (χ0n) is 18.9. The number of anilines is 1. The van der Waals surface area contributed by atoms with Crippen LogP contribution >= 0.6 is 12.4 Å². The van der Waals surface area contributed by atoms with E-state index >= 15 is 0 Å². The molecule has 3 aromatic rings. The number of pyridine rings is 1. The van der Waals surface area contributed by atoms with Gasteiger partial charge in [0, 0.05) is 44.1 Å². The van der Waals surface area contributed by atoms with Crippen molar-refractivity contribution in [3.05, 3.63) is 53.1 Å². The summed E-state index contributed by atoms with van der Waals surface area (Å²) in [7, 11) is 1.54. The van der Waals surface area contributed by atoms with Crippen molar-refractivity contribution < 1.29 is 18.0 Å². The minimum atomic E-state index is -4.66. The van der Waals surface area contributed by atoms with E-state index in [4.69, 9.17) is 0 Å². The van der Waals surface area contributed by atoms with Gasteiger partial charge in [0.2, 0.25) is 0 Å². The van der Waals surface area contributed by atoms with Gasteiger partial charge in [-0.2, -0.15) is 18.3 Å². The minimum absolute atomic E-state index is 0. The van der Waals surface area contributed by atoms with Crippen LogP contribution in [-0.4, -0.2) is 62.4 Å². The molecule has 0 atom stereocenters. The Bertz CT molecular complexity index is 1150. The van der Waals surface area contributed by atoms with Crippen LogP contribution in [0.5, 0.6) is 0 Å². The third-order valence-corrected chi connectivity index (χ3v) is 6.24. The predicted octanol–water partition coefficient (Wildman–Crippen LogP) is 4.06. The lowest BCUT2D eigenvalue weighted by molar-refractivity contribution is -0.141. The molecule has 0 bridgehead atoms. The Hall–Kier alpha value is -3.21. The van der Waals surface area contributed by atoms with Gasteiger partial charge in [0.05, 0.1) is 17.5 Å². The second-order valence-electron chi connectivity index (χ2n) is 8.15. The van der Waals surface area contributed by atoms with E-state index in [0.717, 1.165) is 34.4 Å². The standard InChI is InChI=1S/C22H24F3N7O.ClH/c1-13-14(2)20(30-28-18(13)15-4-8-26-9-5-15)32-10-6-16(7-11-32)31(3)21(33)17-12-27-29-19(17)22(23,24)25;/h4-5,8-9,12,16H,6-7,10-11H2,1-3H3,(H,27,29);1H. The van der Waals surface area contributed by atoms with E-state index in [1.54, 1.807) is 12.4 Å². The van der Waals surface area contributed by atoms with Crippen LogP contribution in [-0.2, 0) is 6.18 Å². The molecule has 4 rings (SSSR count). The zero-order chi connectivity index (χ0) is 23.8. The summed E-state index contributed by atoms with van der Waals surface area (Å²) >= 11 is 0. The first-order valence-electron chi connectivity index (χ1n) is 10.6. The SMILES string of the molecule is Cc1c(-c2ccncc2)nnc(N2CCC(N(C)C(=O)c3cn[nH]c3C(F)(F)F)CC2)c1C.Cl. The number of alkyl halides is 3. The first-order valence-corrected chi connectivity index (χ1v) is 10.6. The smallest absolute Gasteiger partial charge is 0.355 e. The van der Waals surface area contributed by atoms with Crippen molar-refractivity contribution in [2.75, 3.05) is 25.0 Å². The molecule has 8 nitrogen and oxygen atoms in total. The number of nitrogens with one attached hydrogen (secondary N) is 1. The average Bonchev–Trinajstić information content (AvgIpc) is 3.31. The Kier molecular flexibility index (Phi) is 7.44. The number of carbonyl (C=O) groups excluding carboxylic acids is 1. The molecular weight excluding hydrogens is 471 g/mol. The molecule has 0 spiro atoms. The van der Waals surface area contributed by atoms with E-state index in [2.05, 4.69) is 25.2 Å². The van der Waals surface area contributed by atoms with E-state index in [-0.39, 0.29) is 18.4 Å². The van der Waals surface area contributed by atoms with Crippen molar-refractivity contribution >= 4 is 24.1 Å². The summed E-state index contributed by atoms with van der Waals surface area (Å²) in [5.41, 5.74) is 2.22. The molecule has 182 valence electrons. The maximum Gasteiger partial charge on any atom is 0.433 e. The van der Waals surface area contributed by atoms with Crippen LogP contribution in [0.1, 0.15) is 40.0 Å². The minimum Gasteiger partial charge on any atom is -0.355 e. The monoisotopic (exact) mass is 495 g/mol. The van der Waals surface area contributed by atoms with Crippen LogP contribution in [0.3, 0.4) is 0 Å². The van der Waals surface area contributed by atoms with E-state index in [0.29, 0.717) is 25.9 Å². The molecule has 1 amide bonds. The summed E-state index contributed by atoms with van der Waals surface area (Å²) in [6, 6.07) is 3.59. The van der Waals surface area contributed by atoms with Crippen molar-refractivity contribution in [1.29, 1.82) is 0 Å². The Morgan fingerprint density at radius 2 is 1.76 bits per heavy atom. The number of H-pyrrole nitrogens is 1. The second kappa shape index (κ2) is 9.96. The number of rotatable bonds is 4. The molecule has 1 fully saturated rings. The molecule has 0 unspecified atom stereocenters. The lowest BCUT2D eigenvalue weighted by atomic mass is 10.0. The van der Waals surface area contributed by atoms with Gasteiger partial charge in [-0.25, -0.2) is 0 Å². The van der Waals surface area contributed by atoms with Gasteiger partial charge in [-0.15, -0.1) is 22.6 Å². The summed E-state index contributed by atoms with van der Waals surface area (Å²) in [6.07, 6.45) is 0.902. The molecule has 1 saturated heterocycles. The number of aromatic nitrogens is 5. The normalized spacial score (nSPS) is 14.6. The number of carbonyl (C=O) groups is 1. The van der Waals surface area contributed by atoms with Crippen molar-refractivity contribution in [1.82, 2.24) is 30.3 Å². The van der Waals surface area contributed by atoms with Crippen LogP contribution in [0.4, 0.5) is 19.0 Å². The summed E-state index contributed by atoms with van der Waals surface area (Å²) in [5, 5.41) is 14.2. The first kappa shape index (κ1) is 25.4. The van der Waals surface area contributed by atoms with Gasteiger partial charge >= 0.3 is 6.18 Å². The number of hydrogen-bond acceptors (Lipinski definition) is 6. The summed E-state index contributed by atoms with van der Waals surface area (Å²) in [5.74, 6) is 0.0926. The molecule has 12 heteroatoms. The fourth-order valence-electron chi connectivity index (χ4n) is 4.16. The van der Waals surface area contributed by atoms with Gasteiger partial charge in [0.15, 0.2) is 11.5 Å². The summed E-state index contributed by atoms with van der Waals surface area (Å²) in [4.78, 5) is 20.2. The van der Waals surface area contributed by atoms with Crippen LogP contribution < -0.4 is 4.90 Å². The van der Waals surface area contributed by atoms with E-state index in [1.165, 1.54) is 11.9 Å². The molecule has 1 aliphatic heterocycles. The number of hydrogen-bond donors (Lipinski definition) is 1. The Morgan fingerprint density at radius 1 is 1.12 bits per heavy atom. The van der Waals surface area contributed by atoms with E-state index in [1.807, 2.05) is 31.1 Å². The van der Waals surface area contributed by atoms with E-state index < -0.39 is 23.3 Å². The second-order valence-corrected chi connectivity index (χ2v) is 8.15. The third-order valence-electron chi connectivity index (χ3n) is 6.24. The Labute approximate surface area is 201 Å². The quantitative estimate of drug-likeness (QED) is 0.587. The number of amides is 1. The molecule has 0 aliphatic carbocycles. The van der Waals surface area contributed by atoms with Gasteiger partial charge in [0.25, 0.3) is 5.91 Å². The fourth-order valence-corrected chi connectivity index (χ4v) is 4.16. The number of aromatic amines is 1. The van der Waals surface area contributed by atoms with E-state index in [9.17, 15) is 18.0 Å². The molecule has 34 heavy (non-hydrogen) atoms. The molecule has 4 heterocycles. The maximum absolute atomic E-state index is 13.1. The fraction of sp³-hybridized carbons (Fsp3) is 0.409. The van der Waals surface area contributed by atoms with Crippen LogP contribution in [0, 0.1) is 13.8 Å². The third kappa shape index (κ3) is 4.84. The molecule has 0 radical (unpaired) electrons. The summed E-state index contributed by atoms with van der Waals surface area (Å²) < 4.78 is 39.4. The average molecular weight is 496 g/mol. The van der Waals surface area contributed by atoms with Crippen molar-refractivity contribution in [3.63, 3.8) is 0 Å². The van der Waals surface area contributed by atoms with Crippen LogP contribution in [0.2, 0.25) is 0 Å². The highest BCUT2D eigenvalue weighted by Crippen LogP contribution is 2.32. The lowest BCUT2D eigenvalue weighted by Crippen LogP contribution is -2.46. The molecule has 1 N–H and O–H groups in total. The molecule has 1 aliphatic rings. The summed E-state index contributed by atoms with van der Waals surface area (Å²) in [6.45, 7) is 5.24. The van der Waals surface area contributed by atoms with Gasteiger partial charge < -0.3 is 9.80 Å². The van der Waals surface area contributed by atoms with Crippen LogP contribution in [0.15, 0.2) is 30.7 Å². The number of piperidine rings is 1. The lowest BCUT2D eigenvalue weighted by Gasteiger charge is -2.37. The predicted molar refractivity (Wildman–Crippen MR) is 123 cm³/mol. The molecule has 0 aromatic carbocycles. The zero-order valence-corrected chi connectivity index (χ0v) is 19.7. The van der Waals surface area contributed by atoms with Gasteiger partial charge in [0.1, 0.15) is 0 Å². The molecular formula is C22H25ClF3N7O. The van der Waals surface area contributed by atoms with Crippen LogP contribution in [0.25, 0.3) is 11.3 Å².